The van der Waals surface area contributed by atoms with Gasteiger partial charge in [0.05, 0.1) is 6.26 Å². The smallest absolute Gasteiger partial charge is 0.255 e. The van der Waals surface area contributed by atoms with E-state index in [2.05, 4.69) is 12.2 Å². The first-order valence-corrected chi connectivity index (χ1v) is 10.5. The van der Waals surface area contributed by atoms with Gasteiger partial charge in [0.25, 0.3) is 5.91 Å². The van der Waals surface area contributed by atoms with Crippen molar-refractivity contribution < 1.29 is 9.21 Å². The molecule has 0 aliphatic heterocycles. The predicted molar refractivity (Wildman–Crippen MR) is 131 cm³/mol. The number of fused-ring (bicyclic) bond motifs is 1. The van der Waals surface area contributed by atoms with Gasteiger partial charge in [-0.1, -0.05) is 49.0 Å². The molecule has 4 N–H and O–H groups in total. The van der Waals surface area contributed by atoms with Gasteiger partial charge in [0.2, 0.25) is 0 Å². The molecular weight excluding hydrogens is 430 g/mol. The Kier molecular flexibility index (Phi) is 7.05. The summed E-state index contributed by atoms with van der Waals surface area (Å²) in [6, 6.07) is 20.6. The number of nitrogen functional groups attached to an aromatic ring is 1. The number of benzene rings is 3. The molecule has 31 heavy (non-hydrogen) atoms. The minimum Gasteiger partial charge on any atom is -0.457 e. The largest absolute Gasteiger partial charge is 0.457 e. The van der Waals surface area contributed by atoms with Gasteiger partial charge in [0, 0.05) is 22.4 Å². The fraction of sp³-hybridized carbons (Fsp3) is 0.0833. The minimum atomic E-state index is -0.188. The lowest BCUT2D eigenvalue weighted by molar-refractivity contribution is 0.102. The molecule has 0 spiro atoms. The van der Waals surface area contributed by atoms with Gasteiger partial charge in [-0.15, -0.1) is 12.4 Å². The Balaban J connectivity index is 0.00000272. The second-order valence-electron chi connectivity index (χ2n) is 6.78. The molecule has 4 aromatic rings. The van der Waals surface area contributed by atoms with Crippen LogP contribution in [-0.4, -0.2) is 17.5 Å². The Hall–Kier alpha value is -3.22. The number of hydrogen-bond acceptors (Lipinski definition) is 4. The van der Waals surface area contributed by atoms with Crippen molar-refractivity contribution >= 4 is 52.4 Å². The summed E-state index contributed by atoms with van der Waals surface area (Å²) in [7, 11) is 0. The van der Waals surface area contributed by atoms with Crippen LogP contribution in [0.5, 0.6) is 0 Å². The van der Waals surface area contributed by atoms with E-state index < -0.39 is 0 Å². The molecular formula is C24H22ClN3O2S. The maximum atomic E-state index is 12.9. The van der Waals surface area contributed by atoms with E-state index >= 15 is 0 Å². The number of nitrogens with one attached hydrogen (secondary N) is 2. The third-order valence-electron chi connectivity index (χ3n) is 4.73. The molecule has 0 aliphatic rings. The van der Waals surface area contributed by atoms with E-state index in [0.717, 1.165) is 38.4 Å². The van der Waals surface area contributed by atoms with Crippen molar-refractivity contribution in [1.29, 1.82) is 5.41 Å². The highest BCUT2D eigenvalue weighted by Gasteiger charge is 2.15. The van der Waals surface area contributed by atoms with Crippen molar-refractivity contribution in [2.24, 2.45) is 5.73 Å². The van der Waals surface area contributed by atoms with Gasteiger partial charge >= 0.3 is 0 Å². The van der Waals surface area contributed by atoms with Crippen LogP contribution in [0.2, 0.25) is 0 Å². The molecule has 1 heterocycles. The number of thioether (sulfide) groups is 1. The zero-order chi connectivity index (χ0) is 21.1. The summed E-state index contributed by atoms with van der Waals surface area (Å²) in [5, 5.41) is 13.3. The average molecular weight is 452 g/mol. The van der Waals surface area contributed by atoms with Gasteiger partial charge in [0.1, 0.15) is 5.84 Å². The normalized spacial score (nSPS) is 10.5. The average Bonchev–Trinajstić information content (AvgIpc) is 3.22. The number of amidine groups is 1. The first-order valence-electron chi connectivity index (χ1n) is 9.55. The molecule has 1 amide bonds. The summed E-state index contributed by atoms with van der Waals surface area (Å²) in [6.07, 6.45) is 1.70. The lowest BCUT2D eigenvalue weighted by Gasteiger charge is -2.11. The monoisotopic (exact) mass is 451 g/mol. The standard InChI is InChI=1S/C24H21N3O2S.ClH/c1-2-30-22-13-18(14-29-22)21-12-17(24(28)27-19-6-4-3-5-7-19)10-15-8-9-16(23(25)26)11-20(15)21;/h3-14H,2H2,1H3,(H3,25,26)(H,27,28);1H. The molecule has 0 radical (unpaired) electrons. The van der Waals surface area contributed by atoms with Gasteiger partial charge in [0.15, 0.2) is 5.09 Å². The Morgan fingerprint density at radius 2 is 1.84 bits per heavy atom. The fourth-order valence-electron chi connectivity index (χ4n) is 3.30. The zero-order valence-corrected chi connectivity index (χ0v) is 18.5. The summed E-state index contributed by atoms with van der Waals surface area (Å²) in [4.78, 5) is 12.9. The summed E-state index contributed by atoms with van der Waals surface area (Å²) in [5.41, 5.74) is 9.36. The van der Waals surface area contributed by atoms with Crippen LogP contribution in [0.1, 0.15) is 22.8 Å². The Morgan fingerprint density at radius 1 is 1.06 bits per heavy atom. The summed E-state index contributed by atoms with van der Waals surface area (Å²) in [5.74, 6) is 0.719. The summed E-state index contributed by atoms with van der Waals surface area (Å²) >= 11 is 1.62. The van der Waals surface area contributed by atoms with Crippen molar-refractivity contribution in [1.82, 2.24) is 0 Å². The zero-order valence-electron chi connectivity index (χ0n) is 16.8. The number of furan rings is 1. The van der Waals surface area contributed by atoms with Gasteiger partial charge in [-0.2, -0.15) is 0 Å². The minimum absolute atomic E-state index is 0. The molecule has 0 atom stereocenters. The molecule has 0 saturated heterocycles. The maximum absolute atomic E-state index is 12.9. The van der Waals surface area contributed by atoms with Gasteiger partial charge in [-0.25, -0.2) is 0 Å². The second kappa shape index (κ2) is 9.73. The van der Waals surface area contributed by atoms with Gasteiger partial charge in [-0.3, -0.25) is 10.2 Å². The van der Waals surface area contributed by atoms with E-state index in [4.69, 9.17) is 15.6 Å². The van der Waals surface area contributed by atoms with Crippen LogP contribution in [0.4, 0.5) is 5.69 Å². The third-order valence-corrected chi connectivity index (χ3v) is 5.52. The molecule has 0 unspecified atom stereocenters. The van der Waals surface area contributed by atoms with E-state index in [1.807, 2.05) is 60.7 Å². The number of amides is 1. The quantitative estimate of drug-likeness (QED) is 0.185. The molecule has 0 saturated carbocycles. The molecule has 3 aromatic carbocycles. The van der Waals surface area contributed by atoms with Crippen LogP contribution in [0.25, 0.3) is 21.9 Å². The van der Waals surface area contributed by atoms with Crippen molar-refractivity contribution in [2.45, 2.75) is 12.0 Å². The van der Waals surface area contributed by atoms with Crippen molar-refractivity contribution in [3.05, 3.63) is 84.1 Å². The first-order chi connectivity index (χ1) is 14.5. The van der Waals surface area contributed by atoms with Gasteiger partial charge in [-0.05, 0) is 58.5 Å². The van der Waals surface area contributed by atoms with Crippen molar-refractivity contribution in [3.8, 4) is 11.1 Å². The highest BCUT2D eigenvalue weighted by atomic mass is 35.5. The van der Waals surface area contributed by atoms with E-state index in [1.165, 1.54) is 0 Å². The number of halogens is 1. The lowest BCUT2D eigenvalue weighted by atomic mass is 9.95. The molecule has 0 bridgehead atoms. The number of para-hydroxylation sites is 1. The number of carbonyl (C=O) groups is 1. The van der Waals surface area contributed by atoms with Crippen LogP contribution < -0.4 is 11.1 Å². The van der Waals surface area contributed by atoms with E-state index in [-0.39, 0.29) is 24.1 Å². The summed E-state index contributed by atoms with van der Waals surface area (Å²) in [6.45, 7) is 2.07. The van der Waals surface area contributed by atoms with Crippen LogP contribution in [0.3, 0.4) is 0 Å². The topological polar surface area (TPSA) is 92.1 Å². The number of anilines is 1. The van der Waals surface area contributed by atoms with Gasteiger partial charge < -0.3 is 15.5 Å². The first kappa shape index (κ1) is 22.5. The van der Waals surface area contributed by atoms with Crippen molar-refractivity contribution in [2.75, 3.05) is 11.1 Å². The van der Waals surface area contributed by atoms with Crippen molar-refractivity contribution in [3.63, 3.8) is 0 Å². The Morgan fingerprint density at radius 3 is 2.55 bits per heavy atom. The molecule has 1 aromatic heterocycles. The number of nitrogens with two attached hydrogens (primary N) is 1. The highest BCUT2D eigenvalue weighted by Crippen LogP contribution is 2.34. The SMILES string of the molecule is CCSc1cc(-c2cc(C(=O)Nc3ccccc3)cc3ccc(C(=N)N)cc23)co1.Cl. The van der Waals surface area contributed by atoms with Crippen LogP contribution in [0.15, 0.2) is 82.5 Å². The van der Waals surface area contributed by atoms with E-state index in [0.29, 0.717) is 11.1 Å². The fourth-order valence-corrected chi connectivity index (χ4v) is 3.91. The highest BCUT2D eigenvalue weighted by molar-refractivity contribution is 7.99. The Labute approximate surface area is 190 Å². The lowest BCUT2D eigenvalue weighted by Crippen LogP contribution is -2.12. The number of carbonyl (C=O) groups excluding carboxylic acids is 1. The van der Waals surface area contributed by atoms with Crippen LogP contribution in [0, 0.1) is 5.41 Å². The second-order valence-corrected chi connectivity index (χ2v) is 8.05. The maximum Gasteiger partial charge on any atom is 0.255 e. The molecule has 7 heteroatoms. The van der Waals surface area contributed by atoms with Crippen LogP contribution >= 0.6 is 24.2 Å². The number of hydrogen-bond donors (Lipinski definition) is 3. The predicted octanol–water partition coefficient (Wildman–Crippen LogP) is 6.17. The molecule has 4 rings (SSSR count). The molecule has 0 aliphatic carbocycles. The Bertz CT molecular complexity index is 1240. The molecule has 158 valence electrons. The van der Waals surface area contributed by atoms with E-state index in [1.54, 1.807) is 24.1 Å². The summed E-state index contributed by atoms with van der Waals surface area (Å²) < 4.78 is 5.68. The molecule has 0 fully saturated rings. The third kappa shape index (κ3) is 4.93. The number of rotatable bonds is 6. The molecule has 5 nitrogen and oxygen atoms in total. The van der Waals surface area contributed by atoms with E-state index in [9.17, 15) is 4.79 Å². The van der Waals surface area contributed by atoms with Crippen LogP contribution in [-0.2, 0) is 0 Å².